The quantitative estimate of drug-likeness (QED) is 0.870. The highest BCUT2D eigenvalue weighted by Gasteiger charge is 2.25. The van der Waals surface area contributed by atoms with Gasteiger partial charge in [0.2, 0.25) is 5.91 Å². The monoisotopic (exact) mass is 346 g/mol. The van der Waals surface area contributed by atoms with E-state index >= 15 is 0 Å². The number of hydrogen-bond donors (Lipinski definition) is 2. The largest absolute Gasteiger partial charge is 0.349 e. The van der Waals surface area contributed by atoms with Crippen LogP contribution >= 0.6 is 11.3 Å². The van der Waals surface area contributed by atoms with Crippen LogP contribution < -0.4 is 10.6 Å². The van der Waals surface area contributed by atoms with Gasteiger partial charge in [-0.05, 0) is 36.9 Å². The molecule has 1 aliphatic heterocycles. The number of amides is 3. The molecule has 0 saturated carbocycles. The molecule has 3 amide bonds. The van der Waals surface area contributed by atoms with E-state index in [1.807, 2.05) is 23.6 Å². The summed E-state index contributed by atoms with van der Waals surface area (Å²) < 4.78 is 2.20. The number of nitrogens with zero attached hydrogens (tertiary/aromatic N) is 2. The number of thiophene rings is 1. The van der Waals surface area contributed by atoms with Crippen LogP contribution in [0, 0.1) is 0 Å². The highest BCUT2D eigenvalue weighted by molar-refractivity contribution is 7.09. The Morgan fingerprint density at radius 1 is 1.29 bits per heavy atom. The molecule has 7 heteroatoms. The standard InChI is InChI=1S/C17H22N4O2S/c1-13-15-5-2-8-20(15)9-10-21(13)12-16(22)19-17(23)18-7-6-14-4-3-11-24-14/h2-5,8,11,13H,6-7,9-10,12H2,1H3,(H2,18,19,22,23). The van der Waals surface area contributed by atoms with Crippen molar-refractivity contribution < 1.29 is 9.59 Å². The molecule has 6 nitrogen and oxygen atoms in total. The Morgan fingerprint density at radius 2 is 2.17 bits per heavy atom. The Bertz CT molecular complexity index is 695. The molecule has 128 valence electrons. The van der Waals surface area contributed by atoms with E-state index in [4.69, 9.17) is 0 Å². The zero-order chi connectivity index (χ0) is 16.9. The third-order valence-electron chi connectivity index (χ3n) is 4.31. The van der Waals surface area contributed by atoms with Crippen molar-refractivity contribution in [1.29, 1.82) is 0 Å². The Balaban J connectivity index is 1.41. The third kappa shape index (κ3) is 4.04. The molecule has 0 bridgehead atoms. The average molecular weight is 346 g/mol. The first-order valence-electron chi connectivity index (χ1n) is 8.12. The van der Waals surface area contributed by atoms with Crippen molar-refractivity contribution in [3.63, 3.8) is 0 Å². The van der Waals surface area contributed by atoms with Gasteiger partial charge in [-0.15, -0.1) is 11.3 Å². The first kappa shape index (κ1) is 16.7. The van der Waals surface area contributed by atoms with Gasteiger partial charge in [-0.1, -0.05) is 6.07 Å². The van der Waals surface area contributed by atoms with E-state index in [1.165, 1.54) is 10.6 Å². The maximum absolute atomic E-state index is 12.1. The lowest BCUT2D eigenvalue weighted by Gasteiger charge is -2.34. The Kier molecular flexibility index (Phi) is 5.32. The number of nitrogens with one attached hydrogen (secondary N) is 2. The molecular weight excluding hydrogens is 324 g/mol. The summed E-state index contributed by atoms with van der Waals surface area (Å²) in [6, 6.07) is 7.86. The number of carbonyl (C=O) groups excluding carboxylic acids is 2. The highest BCUT2D eigenvalue weighted by atomic mass is 32.1. The lowest BCUT2D eigenvalue weighted by atomic mass is 10.1. The normalized spacial score (nSPS) is 17.3. The minimum absolute atomic E-state index is 0.168. The number of urea groups is 1. The fraction of sp³-hybridized carbons (Fsp3) is 0.412. The SMILES string of the molecule is CC1c2cccn2CCN1CC(=O)NC(=O)NCCc1cccs1. The smallest absolute Gasteiger partial charge is 0.321 e. The number of fused-ring (bicyclic) bond motifs is 1. The maximum Gasteiger partial charge on any atom is 0.321 e. The van der Waals surface area contributed by atoms with Gasteiger partial charge < -0.3 is 9.88 Å². The molecule has 1 aliphatic rings. The summed E-state index contributed by atoms with van der Waals surface area (Å²) in [5.74, 6) is -0.268. The van der Waals surface area contributed by atoms with Gasteiger partial charge in [0.25, 0.3) is 0 Å². The predicted molar refractivity (Wildman–Crippen MR) is 94.0 cm³/mol. The number of aromatic nitrogens is 1. The zero-order valence-electron chi connectivity index (χ0n) is 13.7. The van der Waals surface area contributed by atoms with Crippen molar-refractivity contribution in [2.24, 2.45) is 0 Å². The second-order valence-electron chi connectivity index (χ2n) is 5.91. The summed E-state index contributed by atoms with van der Waals surface area (Å²) in [6.45, 7) is 4.50. The van der Waals surface area contributed by atoms with Crippen molar-refractivity contribution in [2.75, 3.05) is 19.6 Å². The third-order valence-corrected chi connectivity index (χ3v) is 5.24. The van der Waals surface area contributed by atoms with Gasteiger partial charge in [0, 0.05) is 42.4 Å². The summed E-state index contributed by atoms with van der Waals surface area (Å²) in [6.07, 6.45) is 2.84. The van der Waals surface area contributed by atoms with Crippen LogP contribution in [0.2, 0.25) is 0 Å². The van der Waals surface area contributed by atoms with E-state index in [1.54, 1.807) is 11.3 Å². The summed E-state index contributed by atoms with van der Waals surface area (Å²) in [7, 11) is 0. The molecule has 2 N–H and O–H groups in total. The fourth-order valence-corrected chi connectivity index (χ4v) is 3.70. The maximum atomic E-state index is 12.1. The molecule has 0 saturated heterocycles. The fourth-order valence-electron chi connectivity index (χ4n) is 2.99. The summed E-state index contributed by atoms with van der Waals surface area (Å²) >= 11 is 1.66. The number of rotatable bonds is 5. The van der Waals surface area contributed by atoms with Crippen LogP contribution in [-0.4, -0.2) is 41.0 Å². The molecule has 0 radical (unpaired) electrons. The average Bonchev–Trinajstić information content (AvgIpc) is 3.21. The number of hydrogen-bond acceptors (Lipinski definition) is 4. The van der Waals surface area contributed by atoms with Crippen molar-refractivity contribution in [3.05, 3.63) is 46.4 Å². The van der Waals surface area contributed by atoms with Crippen LogP contribution in [0.15, 0.2) is 35.8 Å². The molecule has 0 aromatic carbocycles. The molecule has 1 unspecified atom stereocenters. The van der Waals surface area contributed by atoms with E-state index in [2.05, 4.69) is 39.3 Å². The van der Waals surface area contributed by atoms with E-state index in [9.17, 15) is 9.59 Å². The van der Waals surface area contributed by atoms with Gasteiger partial charge in [-0.2, -0.15) is 0 Å². The number of imide groups is 1. The molecule has 1 atom stereocenters. The molecule has 0 aliphatic carbocycles. The zero-order valence-corrected chi connectivity index (χ0v) is 14.5. The van der Waals surface area contributed by atoms with Crippen LogP contribution in [0.1, 0.15) is 23.5 Å². The lowest BCUT2D eigenvalue weighted by Crippen LogP contribution is -2.47. The summed E-state index contributed by atoms with van der Waals surface area (Å²) in [4.78, 5) is 27.2. The van der Waals surface area contributed by atoms with Crippen LogP contribution in [0.4, 0.5) is 4.79 Å². The van der Waals surface area contributed by atoms with Gasteiger partial charge in [0.15, 0.2) is 0 Å². The van der Waals surface area contributed by atoms with Crippen LogP contribution in [0.3, 0.4) is 0 Å². The Labute approximate surface area is 145 Å². The predicted octanol–water partition coefficient (Wildman–Crippen LogP) is 1.99. The minimum Gasteiger partial charge on any atom is -0.349 e. The molecular formula is C17H22N4O2S. The molecule has 2 aromatic rings. The lowest BCUT2D eigenvalue weighted by molar-refractivity contribution is -0.121. The molecule has 24 heavy (non-hydrogen) atoms. The van der Waals surface area contributed by atoms with Crippen molar-refractivity contribution in [2.45, 2.75) is 25.9 Å². The topological polar surface area (TPSA) is 66.4 Å². The Hall–Kier alpha value is -2.12. The summed E-state index contributed by atoms with van der Waals surface area (Å²) in [5, 5.41) is 7.15. The van der Waals surface area contributed by atoms with Crippen molar-refractivity contribution >= 4 is 23.3 Å². The second kappa shape index (κ2) is 7.63. The number of carbonyl (C=O) groups is 2. The van der Waals surface area contributed by atoms with Gasteiger partial charge in [-0.3, -0.25) is 15.0 Å². The highest BCUT2D eigenvalue weighted by Crippen LogP contribution is 2.24. The van der Waals surface area contributed by atoms with Gasteiger partial charge >= 0.3 is 6.03 Å². The molecule has 0 fully saturated rings. The van der Waals surface area contributed by atoms with Crippen LogP contribution in [0.25, 0.3) is 0 Å². The molecule has 3 rings (SSSR count). The van der Waals surface area contributed by atoms with Gasteiger partial charge in [-0.25, -0.2) is 4.79 Å². The van der Waals surface area contributed by atoms with E-state index < -0.39 is 6.03 Å². The molecule has 3 heterocycles. The van der Waals surface area contributed by atoms with E-state index in [0.29, 0.717) is 6.54 Å². The van der Waals surface area contributed by atoms with Crippen molar-refractivity contribution in [3.8, 4) is 0 Å². The van der Waals surface area contributed by atoms with Gasteiger partial charge in [0.1, 0.15) is 0 Å². The van der Waals surface area contributed by atoms with Crippen molar-refractivity contribution in [1.82, 2.24) is 20.1 Å². The van der Waals surface area contributed by atoms with E-state index in [-0.39, 0.29) is 18.5 Å². The van der Waals surface area contributed by atoms with E-state index in [0.717, 1.165) is 19.5 Å². The van der Waals surface area contributed by atoms with Gasteiger partial charge in [0.05, 0.1) is 6.54 Å². The van der Waals surface area contributed by atoms with Crippen LogP contribution in [-0.2, 0) is 17.8 Å². The Morgan fingerprint density at radius 3 is 2.96 bits per heavy atom. The first-order chi connectivity index (χ1) is 11.6. The van der Waals surface area contributed by atoms with Crippen LogP contribution in [0.5, 0.6) is 0 Å². The molecule has 2 aromatic heterocycles. The summed E-state index contributed by atoms with van der Waals surface area (Å²) in [5.41, 5.74) is 1.20. The second-order valence-corrected chi connectivity index (χ2v) is 6.94. The molecule has 0 spiro atoms. The first-order valence-corrected chi connectivity index (χ1v) is 9.00. The minimum atomic E-state index is -0.426.